The maximum absolute atomic E-state index is 3.65. The van der Waals surface area contributed by atoms with Crippen LogP contribution < -0.4 is 0 Å². The van der Waals surface area contributed by atoms with Crippen molar-refractivity contribution in [1.29, 1.82) is 0 Å². The molecule has 1 heterocycles. The average molecular weight is 936 g/mol. The molecule has 0 saturated heterocycles. The Hall–Kier alpha value is -5.89. The summed E-state index contributed by atoms with van der Waals surface area (Å²) in [5.74, 6) is 0. The van der Waals surface area contributed by atoms with Crippen molar-refractivity contribution in [3.63, 3.8) is 0 Å². The van der Waals surface area contributed by atoms with Crippen LogP contribution in [0.2, 0.25) is 9.36 Å². The van der Waals surface area contributed by atoms with Gasteiger partial charge in [-0.05, 0) is 0 Å². The summed E-state index contributed by atoms with van der Waals surface area (Å²) in [5, 5.41) is 0. The Kier molecular flexibility index (Phi) is 9.27. The van der Waals surface area contributed by atoms with Gasteiger partial charge >= 0.3 is 362 Å². The van der Waals surface area contributed by atoms with Gasteiger partial charge in [0.15, 0.2) is 0 Å². The molecule has 0 saturated carbocycles. The molecule has 288 valence electrons. The summed E-state index contributed by atoms with van der Waals surface area (Å²) in [6.07, 6.45) is 1.79. The fourth-order valence-electron chi connectivity index (χ4n) is 11.6. The van der Waals surface area contributed by atoms with Gasteiger partial charge in [-0.1, -0.05) is 0 Å². The second-order valence-electron chi connectivity index (χ2n) is 17.7. The van der Waals surface area contributed by atoms with E-state index in [1.807, 2.05) is 0 Å². The van der Waals surface area contributed by atoms with Crippen molar-refractivity contribution in [2.45, 2.75) is 29.6 Å². The molecule has 8 aromatic rings. The molecule has 2 aliphatic carbocycles. The number of fused-ring (bicyclic) bond motifs is 8. The molecule has 0 nitrogen and oxygen atoms in total. The summed E-state index contributed by atoms with van der Waals surface area (Å²) >= 11 is -3.65. The van der Waals surface area contributed by atoms with E-state index < -0.39 is 25.4 Å². The molecular formula is C59H48Hf. The first-order chi connectivity index (χ1) is 29.5. The molecule has 0 aromatic heterocycles. The number of hydrogen-bond acceptors (Lipinski definition) is 0. The van der Waals surface area contributed by atoms with E-state index in [0.29, 0.717) is 7.35 Å². The maximum atomic E-state index is 2.79. The Labute approximate surface area is 360 Å². The summed E-state index contributed by atoms with van der Waals surface area (Å²) in [6, 6.07) is 83.1. The van der Waals surface area contributed by atoms with E-state index in [0.717, 1.165) is 12.8 Å². The third-order valence-corrected chi connectivity index (χ3v) is 28.9. The molecule has 3 aliphatic rings. The van der Waals surface area contributed by atoms with Gasteiger partial charge in [-0.25, -0.2) is 0 Å². The predicted octanol–water partition coefficient (Wildman–Crippen LogP) is 15.4. The van der Waals surface area contributed by atoms with Crippen LogP contribution in [0.3, 0.4) is 0 Å². The quantitative estimate of drug-likeness (QED) is 0.133. The first-order valence-corrected chi connectivity index (χ1v) is 32.9. The summed E-state index contributed by atoms with van der Waals surface area (Å²) in [5.41, 5.74) is 22.4. The van der Waals surface area contributed by atoms with Crippen molar-refractivity contribution >= 4 is 22.3 Å². The number of benzene rings is 8. The topological polar surface area (TPSA) is 0 Å². The fraction of sp³-hybridized carbons (Fsp3) is 0.119. The van der Waals surface area contributed by atoms with Gasteiger partial charge in [0.2, 0.25) is 0 Å². The van der Waals surface area contributed by atoms with E-state index in [-0.39, 0.29) is 0 Å². The van der Waals surface area contributed by atoms with Crippen molar-refractivity contribution in [3.8, 4) is 22.3 Å². The number of rotatable bonds is 8. The zero-order chi connectivity index (χ0) is 40.3. The van der Waals surface area contributed by atoms with E-state index in [9.17, 15) is 0 Å². The van der Waals surface area contributed by atoms with Crippen LogP contribution in [0.5, 0.6) is 0 Å². The Morgan fingerprint density at radius 2 is 0.633 bits per heavy atom. The van der Waals surface area contributed by atoms with Gasteiger partial charge in [0.1, 0.15) is 0 Å². The Morgan fingerprint density at radius 1 is 0.333 bits per heavy atom. The van der Waals surface area contributed by atoms with Crippen LogP contribution in [0.25, 0.3) is 44.5 Å². The minimum absolute atomic E-state index is 0.369. The third-order valence-electron chi connectivity index (χ3n) is 13.9. The van der Waals surface area contributed by atoms with E-state index >= 15 is 0 Å². The Balaban J connectivity index is 1.28. The predicted molar refractivity (Wildman–Crippen MR) is 250 cm³/mol. The summed E-state index contributed by atoms with van der Waals surface area (Å²) in [7, 11) is 0. The molecule has 0 amide bonds. The van der Waals surface area contributed by atoms with Crippen LogP contribution in [0.4, 0.5) is 0 Å². The van der Waals surface area contributed by atoms with Crippen molar-refractivity contribution in [2.75, 3.05) is 0 Å². The van der Waals surface area contributed by atoms with Crippen molar-refractivity contribution < 1.29 is 20.0 Å². The van der Waals surface area contributed by atoms with Gasteiger partial charge in [0.05, 0.1) is 0 Å². The molecule has 4 bridgehead atoms. The van der Waals surface area contributed by atoms with Gasteiger partial charge in [-0.15, -0.1) is 0 Å². The normalized spacial score (nSPS) is 18.1. The fourth-order valence-corrected chi connectivity index (χ4v) is 27.9. The van der Waals surface area contributed by atoms with Gasteiger partial charge in [-0.2, -0.15) is 0 Å². The van der Waals surface area contributed by atoms with Gasteiger partial charge in [-0.3, -0.25) is 0 Å². The average Bonchev–Trinajstić information content (AvgIpc) is 3.87. The van der Waals surface area contributed by atoms with E-state index in [2.05, 4.69) is 228 Å². The molecule has 0 fully saturated rings. The zero-order valence-corrected chi connectivity index (χ0v) is 37.9. The molecule has 1 aliphatic heterocycles. The van der Waals surface area contributed by atoms with Gasteiger partial charge < -0.3 is 0 Å². The molecule has 11 rings (SSSR count). The zero-order valence-electron chi connectivity index (χ0n) is 34.4. The van der Waals surface area contributed by atoms with Crippen molar-refractivity contribution in [2.24, 2.45) is 5.41 Å². The number of hydrogen-bond donors (Lipinski definition) is 0. The van der Waals surface area contributed by atoms with Crippen LogP contribution >= 0.6 is 0 Å². The molecule has 1 heteroatoms. The minimum atomic E-state index is -3.65. The van der Waals surface area contributed by atoms with E-state index in [1.54, 1.807) is 33.4 Å². The molecule has 0 N–H and O–H groups in total. The molecular weight excluding hydrogens is 887 g/mol. The SMILES string of the molecule is [CH3][Hf]1([CH3])[CH]2C(c3ccc(-c4ccccc4)cc3)=C(c3ccccc32)C(Cc2ccccc2)(Cc2ccccc2)C2=C(c3ccc(-c4ccccc4)cc3)[CH]1c1ccccc12. The number of allylic oxidation sites excluding steroid dienone is 4. The second kappa shape index (κ2) is 15.0. The summed E-state index contributed by atoms with van der Waals surface area (Å²) in [4.78, 5) is 0. The molecule has 2 atom stereocenters. The van der Waals surface area contributed by atoms with Gasteiger partial charge in [0, 0.05) is 0 Å². The van der Waals surface area contributed by atoms with E-state index in [1.165, 1.54) is 55.6 Å². The molecule has 60 heavy (non-hydrogen) atoms. The first-order valence-electron chi connectivity index (χ1n) is 21.6. The standard InChI is InChI=1S/C57H42.2CH3.Hf/c1-5-17-41(18-6-1)39-57(40-42-19-7-2-8-20-42,55-51-27-15-13-25-49(51)37-53(55)47-33-29-45(30-34-47)43-21-9-3-10-22-43)56-52-28-16-14-26-50(52)38-54(56)48-35-31-46(32-36-48)44-23-11-4-12-24-44;;;/h1-38H,39-40H2;2*1H3;. The summed E-state index contributed by atoms with van der Waals surface area (Å²) in [6.45, 7) is 0. The van der Waals surface area contributed by atoms with Crippen LogP contribution in [-0.4, -0.2) is 0 Å². The van der Waals surface area contributed by atoms with Crippen molar-refractivity contribution in [3.05, 3.63) is 263 Å². The third kappa shape index (κ3) is 6.04. The van der Waals surface area contributed by atoms with Crippen LogP contribution in [0.1, 0.15) is 51.9 Å². The molecule has 8 aromatic carbocycles. The summed E-state index contributed by atoms with van der Waals surface area (Å²) < 4.78 is 6.32. The molecule has 0 spiro atoms. The molecule has 0 radical (unpaired) electrons. The van der Waals surface area contributed by atoms with Crippen LogP contribution in [0.15, 0.2) is 218 Å². The van der Waals surface area contributed by atoms with Crippen LogP contribution in [-0.2, 0) is 32.8 Å². The van der Waals surface area contributed by atoms with Crippen molar-refractivity contribution in [1.82, 2.24) is 0 Å². The Morgan fingerprint density at radius 3 is 1.02 bits per heavy atom. The van der Waals surface area contributed by atoms with E-state index in [4.69, 9.17) is 0 Å². The second-order valence-corrected chi connectivity index (χ2v) is 35.0. The monoisotopic (exact) mass is 936 g/mol. The van der Waals surface area contributed by atoms with Crippen LogP contribution in [0, 0.1) is 5.41 Å². The Bertz CT molecular complexity index is 2700. The van der Waals surface area contributed by atoms with Gasteiger partial charge in [0.25, 0.3) is 0 Å². The molecule has 2 unspecified atom stereocenters. The first kappa shape index (κ1) is 37.1.